The van der Waals surface area contributed by atoms with Gasteiger partial charge in [-0.3, -0.25) is 9.59 Å². The first kappa shape index (κ1) is 24.1. The standard InChI is InChI=1S/C28H31NO4/c1-6-25(33-24-16-14-23(32-5)15-17-24)27(31)29-22-9-7-8-20(18-22)26(30)19-10-12-21(13-11-19)28(2,3)4/h7-18,25H,6H2,1-5H3,(H,29,31)/t25-/m0/s1. The third-order valence-corrected chi connectivity index (χ3v) is 5.41. The zero-order chi connectivity index (χ0) is 24.0. The van der Waals surface area contributed by atoms with E-state index in [2.05, 4.69) is 26.1 Å². The molecule has 33 heavy (non-hydrogen) atoms. The molecule has 1 atom stereocenters. The summed E-state index contributed by atoms with van der Waals surface area (Å²) in [5, 5.41) is 2.87. The van der Waals surface area contributed by atoms with Crippen molar-refractivity contribution in [3.8, 4) is 11.5 Å². The minimum absolute atomic E-state index is 0.0233. The molecule has 3 rings (SSSR count). The van der Waals surface area contributed by atoms with Gasteiger partial charge in [0, 0.05) is 16.8 Å². The van der Waals surface area contributed by atoms with Gasteiger partial charge in [0.1, 0.15) is 11.5 Å². The van der Waals surface area contributed by atoms with Gasteiger partial charge < -0.3 is 14.8 Å². The average Bonchev–Trinajstić information content (AvgIpc) is 2.82. The molecule has 172 valence electrons. The molecule has 0 aliphatic rings. The smallest absolute Gasteiger partial charge is 0.265 e. The average molecular weight is 446 g/mol. The number of anilines is 1. The van der Waals surface area contributed by atoms with Crippen LogP contribution in [0.15, 0.2) is 72.8 Å². The van der Waals surface area contributed by atoms with Crippen molar-refractivity contribution in [1.29, 1.82) is 0 Å². The second-order valence-electron chi connectivity index (χ2n) is 8.92. The highest BCUT2D eigenvalue weighted by Gasteiger charge is 2.20. The second-order valence-corrected chi connectivity index (χ2v) is 8.92. The Morgan fingerprint density at radius 1 is 0.879 bits per heavy atom. The summed E-state index contributed by atoms with van der Waals surface area (Å²) in [6, 6.07) is 21.7. The molecule has 3 aromatic carbocycles. The number of rotatable bonds is 8. The first-order chi connectivity index (χ1) is 15.7. The Bertz CT molecular complexity index is 1100. The van der Waals surface area contributed by atoms with Crippen molar-refractivity contribution in [2.24, 2.45) is 0 Å². The summed E-state index contributed by atoms with van der Waals surface area (Å²) in [5.41, 5.74) is 2.87. The quantitative estimate of drug-likeness (QED) is 0.431. The molecular weight excluding hydrogens is 414 g/mol. The number of benzene rings is 3. The van der Waals surface area contributed by atoms with Crippen molar-refractivity contribution in [2.45, 2.75) is 45.6 Å². The maximum Gasteiger partial charge on any atom is 0.265 e. The lowest BCUT2D eigenvalue weighted by molar-refractivity contribution is -0.122. The topological polar surface area (TPSA) is 64.6 Å². The summed E-state index contributed by atoms with van der Waals surface area (Å²) in [4.78, 5) is 25.8. The molecule has 0 unspecified atom stereocenters. The maximum absolute atomic E-state index is 13.0. The van der Waals surface area contributed by atoms with Gasteiger partial charge in [0.05, 0.1) is 7.11 Å². The van der Waals surface area contributed by atoms with E-state index in [1.54, 1.807) is 55.6 Å². The van der Waals surface area contributed by atoms with Crippen LogP contribution in [0.25, 0.3) is 0 Å². The molecule has 1 amide bonds. The van der Waals surface area contributed by atoms with Crippen LogP contribution in [0.2, 0.25) is 0 Å². The predicted octanol–water partition coefficient (Wildman–Crippen LogP) is 6.02. The normalized spacial score (nSPS) is 12.0. The Balaban J connectivity index is 1.70. The zero-order valence-electron chi connectivity index (χ0n) is 19.8. The molecule has 0 saturated heterocycles. The van der Waals surface area contributed by atoms with E-state index in [1.807, 2.05) is 31.2 Å². The van der Waals surface area contributed by atoms with E-state index < -0.39 is 6.10 Å². The molecule has 0 radical (unpaired) electrons. The number of carbonyl (C=O) groups excluding carboxylic acids is 2. The zero-order valence-corrected chi connectivity index (χ0v) is 19.8. The van der Waals surface area contributed by atoms with E-state index in [1.165, 1.54) is 5.56 Å². The molecule has 5 nitrogen and oxygen atoms in total. The summed E-state index contributed by atoms with van der Waals surface area (Å²) in [6.07, 6.45) is -0.168. The van der Waals surface area contributed by atoms with Gasteiger partial charge in [-0.05, 0) is 53.8 Å². The van der Waals surface area contributed by atoms with Gasteiger partial charge in [-0.2, -0.15) is 0 Å². The fourth-order valence-corrected chi connectivity index (χ4v) is 3.39. The van der Waals surface area contributed by atoms with E-state index in [0.717, 1.165) is 5.75 Å². The lowest BCUT2D eigenvalue weighted by Gasteiger charge is -2.19. The first-order valence-corrected chi connectivity index (χ1v) is 11.1. The number of amides is 1. The highest BCUT2D eigenvalue weighted by molar-refractivity contribution is 6.09. The Kier molecular flexibility index (Phi) is 7.54. The van der Waals surface area contributed by atoms with Crippen molar-refractivity contribution in [3.63, 3.8) is 0 Å². The summed E-state index contributed by atoms with van der Waals surface area (Å²) in [5.74, 6) is 0.940. The Labute approximate surface area is 195 Å². The van der Waals surface area contributed by atoms with Crippen LogP contribution < -0.4 is 14.8 Å². The van der Waals surface area contributed by atoms with Crippen molar-refractivity contribution in [1.82, 2.24) is 0 Å². The third-order valence-electron chi connectivity index (χ3n) is 5.41. The first-order valence-electron chi connectivity index (χ1n) is 11.1. The predicted molar refractivity (Wildman–Crippen MR) is 131 cm³/mol. The van der Waals surface area contributed by atoms with Crippen LogP contribution in [0.4, 0.5) is 5.69 Å². The summed E-state index contributed by atoms with van der Waals surface area (Å²) >= 11 is 0. The lowest BCUT2D eigenvalue weighted by Crippen LogP contribution is -2.32. The van der Waals surface area contributed by atoms with E-state index in [4.69, 9.17) is 9.47 Å². The van der Waals surface area contributed by atoms with Gasteiger partial charge in [0.25, 0.3) is 5.91 Å². The molecular formula is C28H31NO4. The van der Waals surface area contributed by atoms with Crippen LogP contribution in [0.1, 0.15) is 55.6 Å². The van der Waals surface area contributed by atoms with E-state index in [-0.39, 0.29) is 17.1 Å². The van der Waals surface area contributed by atoms with Gasteiger partial charge in [0.2, 0.25) is 0 Å². The number of ether oxygens (including phenoxy) is 2. The summed E-state index contributed by atoms with van der Waals surface area (Å²) < 4.78 is 11.0. The SMILES string of the molecule is CC[C@H](Oc1ccc(OC)cc1)C(=O)Nc1cccc(C(=O)c2ccc(C(C)(C)C)cc2)c1. The van der Waals surface area contributed by atoms with Gasteiger partial charge in [-0.1, -0.05) is 64.1 Å². The highest BCUT2D eigenvalue weighted by atomic mass is 16.5. The van der Waals surface area contributed by atoms with Gasteiger partial charge in [-0.15, -0.1) is 0 Å². The third kappa shape index (κ3) is 6.22. The van der Waals surface area contributed by atoms with E-state index in [0.29, 0.717) is 29.0 Å². The monoisotopic (exact) mass is 445 g/mol. The van der Waals surface area contributed by atoms with Crippen molar-refractivity contribution < 1.29 is 19.1 Å². The number of hydrogen-bond donors (Lipinski definition) is 1. The van der Waals surface area contributed by atoms with Gasteiger partial charge >= 0.3 is 0 Å². The molecule has 5 heteroatoms. The van der Waals surface area contributed by atoms with Crippen molar-refractivity contribution >= 4 is 17.4 Å². The molecule has 0 fully saturated rings. The van der Waals surface area contributed by atoms with Crippen LogP contribution in [0, 0.1) is 0 Å². The van der Waals surface area contributed by atoms with E-state index >= 15 is 0 Å². The summed E-state index contributed by atoms with van der Waals surface area (Å²) in [6.45, 7) is 8.29. The number of ketones is 1. The molecule has 1 N–H and O–H groups in total. The molecule has 0 saturated carbocycles. The van der Waals surface area contributed by atoms with Crippen LogP contribution in [-0.4, -0.2) is 24.9 Å². The number of methoxy groups -OCH3 is 1. The van der Waals surface area contributed by atoms with Crippen LogP contribution in [0.5, 0.6) is 11.5 Å². The van der Waals surface area contributed by atoms with Crippen LogP contribution in [-0.2, 0) is 10.2 Å². The maximum atomic E-state index is 13.0. The minimum atomic E-state index is -0.664. The van der Waals surface area contributed by atoms with Crippen molar-refractivity contribution in [2.75, 3.05) is 12.4 Å². The molecule has 0 bridgehead atoms. The van der Waals surface area contributed by atoms with Gasteiger partial charge in [0.15, 0.2) is 11.9 Å². The van der Waals surface area contributed by atoms with Crippen molar-refractivity contribution in [3.05, 3.63) is 89.5 Å². The number of nitrogens with one attached hydrogen (secondary N) is 1. The summed E-state index contributed by atoms with van der Waals surface area (Å²) in [7, 11) is 1.60. The minimum Gasteiger partial charge on any atom is -0.497 e. The van der Waals surface area contributed by atoms with E-state index in [9.17, 15) is 9.59 Å². The van der Waals surface area contributed by atoms with Crippen LogP contribution >= 0.6 is 0 Å². The molecule has 0 aromatic heterocycles. The fraction of sp³-hybridized carbons (Fsp3) is 0.286. The lowest BCUT2D eigenvalue weighted by atomic mass is 9.86. The second kappa shape index (κ2) is 10.3. The Morgan fingerprint density at radius 3 is 2.09 bits per heavy atom. The molecule has 0 spiro atoms. The Hall–Kier alpha value is -3.60. The fourth-order valence-electron chi connectivity index (χ4n) is 3.39. The number of carbonyl (C=O) groups is 2. The molecule has 0 aliphatic heterocycles. The van der Waals surface area contributed by atoms with Gasteiger partial charge in [-0.25, -0.2) is 0 Å². The molecule has 3 aromatic rings. The number of hydrogen-bond acceptors (Lipinski definition) is 4. The molecule has 0 aliphatic carbocycles. The highest BCUT2D eigenvalue weighted by Crippen LogP contribution is 2.24. The Morgan fingerprint density at radius 2 is 1.52 bits per heavy atom. The van der Waals surface area contributed by atoms with Crippen LogP contribution in [0.3, 0.4) is 0 Å². The molecule has 0 heterocycles. The largest absolute Gasteiger partial charge is 0.497 e.